The maximum absolute atomic E-state index is 10.7. The fourth-order valence-corrected chi connectivity index (χ4v) is 3.05. The predicted octanol–water partition coefficient (Wildman–Crippen LogP) is 3.37. The van der Waals surface area contributed by atoms with Crippen LogP contribution >= 0.6 is 0 Å². The largest absolute Gasteiger partial charge is 0.390 e. The van der Waals surface area contributed by atoms with Gasteiger partial charge >= 0.3 is 0 Å². The fourth-order valence-electron chi connectivity index (χ4n) is 3.05. The minimum atomic E-state index is -0.455. The predicted molar refractivity (Wildman–Crippen MR) is 75.5 cm³/mol. The highest BCUT2D eigenvalue weighted by Crippen LogP contribution is 2.37. The van der Waals surface area contributed by atoms with Crippen molar-refractivity contribution in [1.82, 2.24) is 4.90 Å². The van der Waals surface area contributed by atoms with E-state index in [4.69, 9.17) is 0 Å². The van der Waals surface area contributed by atoms with E-state index in [9.17, 15) is 5.11 Å². The van der Waals surface area contributed by atoms with Crippen molar-refractivity contribution in [2.45, 2.75) is 50.2 Å². The van der Waals surface area contributed by atoms with Gasteiger partial charge in [-0.05, 0) is 38.9 Å². The maximum atomic E-state index is 10.7. The van der Waals surface area contributed by atoms with Crippen LogP contribution in [0.3, 0.4) is 0 Å². The molecule has 2 rings (SSSR count). The van der Waals surface area contributed by atoms with Crippen molar-refractivity contribution in [2.75, 3.05) is 14.1 Å². The number of benzene rings is 1. The third-order valence-electron chi connectivity index (χ3n) is 4.17. The van der Waals surface area contributed by atoms with E-state index < -0.39 is 5.60 Å². The lowest BCUT2D eigenvalue weighted by Crippen LogP contribution is -2.36. The van der Waals surface area contributed by atoms with Gasteiger partial charge in [0.15, 0.2) is 0 Å². The van der Waals surface area contributed by atoms with Gasteiger partial charge in [-0.3, -0.25) is 0 Å². The van der Waals surface area contributed by atoms with Crippen molar-refractivity contribution in [3.8, 4) is 0 Å². The summed E-state index contributed by atoms with van der Waals surface area (Å²) in [6, 6.07) is 10.8. The second-order valence-electron chi connectivity index (χ2n) is 5.88. The van der Waals surface area contributed by atoms with Gasteiger partial charge in [0.05, 0.1) is 5.60 Å². The zero-order valence-corrected chi connectivity index (χ0v) is 11.6. The molecule has 1 saturated carbocycles. The molecule has 1 aromatic rings. The minimum Gasteiger partial charge on any atom is -0.390 e. The fraction of sp³-hybridized carbons (Fsp3) is 0.625. The van der Waals surface area contributed by atoms with Crippen molar-refractivity contribution in [2.24, 2.45) is 0 Å². The lowest BCUT2D eigenvalue weighted by molar-refractivity contribution is -0.0227. The van der Waals surface area contributed by atoms with Crippen molar-refractivity contribution in [3.63, 3.8) is 0 Å². The van der Waals surface area contributed by atoms with Crippen LogP contribution in [-0.4, -0.2) is 29.7 Å². The lowest BCUT2D eigenvalue weighted by Gasteiger charge is -2.37. The van der Waals surface area contributed by atoms with Gasteiger partial charge in [-0.1, -0.05) is 49.6 Å². The maximum Gasteiger partial charge on any atom is 0.0666 e. The molecule has 0 heterocycles. The van der Waals surface area contributed by atoms with E-state index in [1.54, 1.807) is 0 Å². The van der Waals surface area contributed by atoms with Crippen LogP contribution in [0, 0.1) is 0 Å². The van der Waals surface area contributed by atoms with E-state index in [1.165, 1.54) is 24.8 Å². The van der Waals surface area contributed by atoms with E-state index in [1.807, 2.05) is 6.07 Å². The van der Waals surface area contributed by atoms with E-state index in [0.29, 0.717) is 6.04 Å². The molecule has 0 amide bonds. The Morgan fingerprint density at radius 1 is 1.11 bits per heavy atom. The second kappa shape index (κ2) is 5.85. The quantitative estimate of drug-likeness (QED) is 0.881. The monoisotopic (exact) mass is 247 g/mol. The summed E-state index contributed by atoms with van der Waals surface area (Å²) >= 11 is 0. The number of rotatable bonds is 4. The molecule has 100 valence electrons. The summed E-state index contributed by atoms with van der Waals surface area (Å²) in [6.07, 6.45) is 6.40. The molecule has 1 unspecified atom stereocenters. The number of nitrogens with zero attached hydrogens (tertiary/aromatic N) is 1. The lowest BCUT2D eigenvalue weighted by atomic mass is 9.79. The van der Waals surface area contributed by atoms with Crippen LogP contribution in [0.1, 0.15) is 50.1 Å². The average molecular weight is 247 g/mol. The Morgan fingerprint density at radius 3 is 2.28 bits per heavy atom. The van der Waals surface area contributed by atoms with Gasteiger partial charge in [0.2, 0.25) is 0 Å². The van der Waals surface area contributed by atoms with Crippen LogP contribution in [0.2, 0.25) is 0 Å². The molecule has 0 radical (unpaired) electrons. The highest BCUT2D eigenvalue weighted by Gasteiger charge is 2.33. The Kier molecular flexibility index (Phi) is 4.41. The van der Waals surface area contributed by atoms with E-state index in [2.05, 4.69) is 43.3 Å². The summed E-state index contributed by atoms with van der Waals surface area (Å²) in [6.45, 7) is 0. The Labute approximate surface area is 111 Å². The molecule has 0 aliphatic heterocycles. The zero-order valence-electron chi connectivity index (χ0n) is 11.6. The Hall–Kier alpha value is -0.860. The molecular formula is C16H25NO. The molecule has 1 aromatic carbocycles. The first-order valence-corrected chi connectivity index (χ1v) is 7.04. The molecule has 18 heavy (non-hydrogen) atoms. The summed E-state index contributed by atoms with van der Waals surface area (Å²) in [5.74, 6) is 0. The minimum absolute atomic E-state index is 0.314. The Morgan fingerprint density at radius 2 is 1.72 bits per heavy atom. The third-order valence-corrected chi connectivity index (χ3v) is 4.17. The van der Waals surface area contributed by atoms with Gasteiger partial charge in [0, 0.05) is 6.04 Å². The molecular weight excluding hydrogens is 222 g/mol. The normalized spacial score (nSPS) is 20.9. The molecule has 1 atom stereocenters. The summed E-state index contributed by atoms with van der Waals surface area (Å²) in [5.41, 5.74) is 0.852. The van der Waals surface area contributed by atoms with Crippen LogP contribution in [0.5, 0.6) is 0 Å². The van der Waals surface area contributed by atoms with Crippen molar-refractivity contribution < 1.29 is 5.11 Å². The zero-order chi connectivity index (χ0) is 13.0. The van der Waals surface area contributed by atoms with Gasteiger partial charge < -0.3 is 10.0 Å². The van der Waals surface area contributed by atoms with E-state index in [-0.39, 0.29) is 0 Å². The molecule has 2 nitrogen and oxygen atoms in total. The van der Waals surface area contributed by atoms with Gasteiger partial charge in [0.25, 0.3) is 0 Å². The SMILES string of the molecule is CN(C)C(CC1(O)CCCCC1)c1ccccc1. The molecule has 1 N–H and O–H groups in total. The summed E-state index contributed by atoms with van der Waals surface area (Å²) in [4.78, 5) is 2.22. The van der Waals surface area contributed by atoms with Crippen molar-refractivity contribution in [3.05, 3.63) is 35.9 Å². The number of hydrogen-bond donors (Lipinski definition) is 1. The first-order valence-electron chi connectivity index (χ1n) is 7.04. The van der Waals surface area contributed by atoms with Crippen molar-refractivity contribution >= 4 is 0 Å². The topological polar surface area (TPSA) is 23.5 Å². The number of hydrogen-bond acceptors (Lipinski definition) is 2. The van der Waals surface area contributed by atoms with Crippen LogP contribution < -0.4 is 0 Å². The molecule has 1 aliphatic rings. The van der Waals surface area contributed by atoms with Crippen LogP contribution in [0.15, 0.2) is 30.3 Å². The highest BCUT2D eigenvalue weighted by atomic mass is 16.3. The van der Waals surface area contributed by atoms with Crippen LogP contribution in [0.25, 0.3) is 0 Å². The first kappa shape index (κ1) is 13.6. The summed E-state index contributed by atoms with van der Waals surface area (Å²) in [5, 5.41) is 10.7. The van der Waals surface area contributed by atoms with Gasteiger partial charge in [-0.15, -0.1) is 0 Å². The molecule has 1 aliphatic carbocycles. The molecule has 2 heteroatoms. The van der Waals surface area contributed by atoms with Gasteiger partial charge in [0.1, 0.15) is 0 Å². The Balaban J connectivity index is 2.11. The second-order valence-corrected chi connectivity index (χ2v) is 5.88. The molecule has 0 bridgehead atoms. The Bertz CT molecular complexity index is 355. The molecule has 0 spiro atoms. The molecule has 1 fully saturated rings. The van der Waals surface area contributed by atoms with Crippen molar-refractivity contribution in [1.29, 1.82) is 0 Å². The highest BCUT2D eigenvalue weighted by molar-refractivity contribution is 5.19. The first-order chi connectivity index (χ1) is 8.61. The van der Waals surface area contributed by atoms with Crippen LogP contribution in [-0.2, 0) is 0 Å². The summed E-state index contributed by atoms with van der Waals surface area (Å²) in [7, 11) is 4.20. The van der Waals surface area contributed by atoms with E-state index >= 15 is 0 Å². The number of aliphatic hydroxyl groups is 1. The van der Waals surface area contributed by atoms with Gasteiger partial charge in [-0.2, -0.15) is 0 Å². The summed E-state index contributed by atoms with van der Waals surface area (Å²) < 4.78 is 0. The van der Waals surface area contributed by atoms with E-state index in [0.717, 1.165) is 19.3 Å². The smallest absolute Gasteiger partial charge is 0.0666 e. The van der Waals surface area contributed by atoms with Crippen LogP contribution in [0.4, 0.5) is 0 Å². The van der Waals surface area contributed by atoms with Gasteiger partial charge in [-0.25, -0.2) is 0 Å². The third kappa shape index (κ3) is 3.33. The molecule has 0 aromatic heterocycles. The average Bonchev–Trinajstić information content (AvgIpc) is 2.38. The molecule has 0 saturated heterocycles. The standard InChI is InChI=1S/C16H25NO/c1-17(2)15(14-9-5-3-6-10-14)13-16(18)11-7-4-8-12-16/h3,5-6,9-10,15,18H,4,7-8,11-13H2,1-2H3.